The minimum absolute atomic E-state index is 0.0113. The number of benzene rings is 1. The lowest BCUT2D eigenvalue weighted by Gasteiger charge is -2.13. The van der Waals surface area contributed by atoms with Gasteiger partial charge in [0, 0.05) is 5.56 Å². The lowest BCUT2D eigenvalue weighted by Crippen LogP contribution is -2.17. The average Bonchev–Trinajstić information content (AvgIpc) is 3.22. The second-order valence-corrected chi connectivity index (χ2v) is 6.84. The van der Waals surface area contributed by atoms with E-state index in [1.165, 1.54) is 18.2 Å². The van der Waals surface area contributed by atoms with Crippen LogP contribution in [-0.4, -0.2) is 22.5 Å². The van der Waals surface area contributed by atoms with Crippen LogP contribution in [0.25, 0.3) is 0 Å². The van der Waals surface area contributed by atoms with Crippen molar-refractivity contribution in [1.82, 2.24) is 9.97 Å². The van der Waals surface area contributed by atoms with Crippen LogP contribution >= 0.6 is 0 Å². The summed E-state index contributed by atoms with van der Waals surface area (Å²) in [4.78, 5) is 20.6. The molecule has 3 aromatic rings. The van der Waals surface area contributed by atoms with Crippen LogP contribution < -0.4 is 5.73 Å². The molecule has 0 fully saturated rings. The summed E-state index contributed by atoms with van der Waals surface area (Å²) in [6, 6.07) is 6.67. The van der Waals surface area contributed by atoms with Gasteiger partial charge in [-0.05, 0) is 57.2 Å². The zero-order chi connectivity index (χ0) is 23.5. The number of hydrogen-bond donors (Lipinski definition) is 1. The Morgan fingerprint density at radius 1 is 1.12 bits per heavy atom. The smallest absolute Gasteiger partial charge is 0.416 e. The molecule has 1 aromatic carbocycles. The van der Waals surface area contributed by atoms with Crippen LogP contribution in [0.3, 0.4) is 0 Å². The lowest BCUT2D eigenvalue weighted by molar-refractivity contribution is -0.137. The highest BCUT2D eigenvalue weighted by atomic mass is 19.4. The van der Waals surface area contributed by atoms with Crippen LogP contribution in [0.5, 0.6) is 0 Å². The number of rotatable bonds is 4. The minimum atomic E-state index is -4.42. The summed E-state index contributed by atoms with van der Waals surface area (Å²) in [6.07, 6.45) is -4.42. The van der Waals surface area contributed by atoms with Crippen molar-refractivity contribution in [3.63, 3.8) is 0 Å². The number of furan rings is 1. The van der Waals surface area contributed by atoms with Crippen molar-refractivity contribution in [2.24, 2.45) is 5.73 Å². The zero-order valence-electron chi connectivity index (χ0n) is 17.6. The predicted molar refractivity (Wildman–Crippen MR) is 110 cm³/mol. The van der Waals surface area contributed by atoms with Gasteiger partial charge in [0.2, 0.25) is 5.76 Å². The molecule has 0 spiro atoms. The Balaban J connectivity index is 1.96. The van der Waals surface area contributed by atoms with Crippen LogP contribution in [0.4, 0.5) is 13.2 Å². The van der Waals surface area contributed by atoms with Gasteiger partial charge in [-0.3, -0.25) is 0 Å². The molecule has 0 amide bonds. The first-order chi connectivity index (χ1) is 15.1. The van der Waals surface area contributed by atoms with E-state index in [-0.39, 0.29) is 18.1 Å². The Morgan fingerprint density at radius 3 is 2.44 bits per heavy atom. The van der Waals surface area contributed by atoms with Crippen molar-refractivity contribution in [2.75, 3.05) is 6.61 Å². The lowest BCUT2D eigenvalue weighted by atomic mass is 10.0. The number of ether oxygens (including phenoxy) is 1. The van der Waals surface area contributed by atoms with Crippen molar-refractivity contribution in [2.45, 2.75) is 33.0 Å². The summed E-state index contributed by atoms with van der Waals surface area (Å²) < 4.78 is 48.7. The van der Waals surface area contributed by atoms with Crippen molar-refractivity contribution in [3.8, 4) is 11.8 Å². The van der Waals surface area contributed by atoms with Crippen LogP contribution in [0.15, 0.2) is 40.8 Å². The van der Waals surface area contributed by atoms with E-state index in [1.54, 1.807) is 26.8 Å². The monoisotopic (exact) mass is 443 g/mol. The third kappa shape index (κ3) is 5.15. The average molecular weight is 443 g/mol. The molecular formula is C23H20F3N3O3. The Bertz CT molecular complexity index is 1190. The molecule has 0 bridgehead atoms. The summed E-state index contributed by atoms with van der Waals surface area (Å²) in [5, 5.41) is 0. The van der Waals surface area contributed by atoms with Gasteiger partial charge in [0.15, 0.2) is 0 Å². The van der Waals surface area contributed by atoms with Crippen molar-refractivity contribution in [3.05, 3.63) is 81.8 Å². The minimum Gasteiger partial charge on any atom is -0.460 e. The highest BCUT2D eigenvalue weighted by molar-refractivity contribution is 5.86. The first kappa shape index (κ1) is 23.0. The van der Waals surface area contributed by atoms with E-state index in [0.717, 1.165) is 12.1 Å². The van der Waals surface area contributed by atoms with Gasteiger partial charge in [-0.1, -0.05) is 11.8 Å². The number of carbonyl (C=O) groups excluding carboxylic acids is 1. The SMILES string of the molecule is CCOC(=O)c1ccc(C(N)c2nc(C)nc(C)c2C#Cc2ccc(C(F)(F)F)cc2)o1. The Labute approximate surface area is 182 Å². The fourth-order valence-electron chi connectivity index (χ4n) is 2.96. The first-order valence-electron chi connectivity index (χ1n) is 9.67. The third-order valence-electron chi connectivity index (χ3n) is 4.48. The van der Waals surface area contributed by atoms with Crippen LogP contribution in [-0.2, 0) is 10.9 Å². The van der Waals surface area contributed by atoms with Crippen LogP contribution in [0.1, 0.15) is 63.2 Å². The molecule has 0 aliphatic rings. The number of aryl methyl sites for hydroxylation is 2. The molecule has 2 heterocycles. The summed E-state index contributed by atoms with van der Waals surface area (Å²) in [6.45, 7) is 5.31. The number of alkyl halides is 3. The molecule has 0 radical (unpaired) electrons. The van der Waals surface area contributed by atoms with E-state index in [9.17, 15) is 18.0 Å². The number of esters is 1. The van der Waals surface area contributed by atoms with Crippen LogP contribution in [0.2, 0.25) is 0 Å². The Kier molecular flexibility index (Phi) is 6.65. The Hall–Kier alpha value is -3.64. The largest absolute Gasteiger partial charge is 0.460 e. The second kappa shape index (κ2) is 9.24. The molecule has 166 valence electrons. The van der Waals surface area contributed by atoms with E-state index in [0.29, 0.717) is 28.3 Å². The maximum atomic E-state index is 12.8. The molecule has 9 heteroatoms. The molecule has 1 unspecified atom stereocenters. The van der Waals surface area contributed by atoms with Gasteiger partial charge in [0.25, 0.3) is 0 Å². The van der Waals surface area contributed by atoms with Gasteiger partial charge >= 0.3 is 12.1 Å². The van der Waals surface area contributed by atoms with Gasteiger partial charge < -0.3 is 14.9 Å². The highest BCUT2D eigenvalue weighted by Crippen LogP contribution is 2.29. The fourth-order valence-corrected chi connectivity index (χ4v) is 2.96. The second-order valence-electron chi connectivity index (χ2n) is 6.84. The topological polar surface area (TPSA) is 91.2 Å². The molecular weight excluding hydrogens is 423 g/mol. The van der Waals surface area contributed by atoms with Crippen molar-refractivity contribution < 1.29 is 27.1 Å². The summed E-state index contributed by atoms with van der Waals surface area (Å²) in [5.74, 6) is 5.89. The van der Waals surface area contributed by atoms with Crippen molar-refractivity contribution >= 4 is 5.97 Å². The number of hydrogen-bond acceptors (Lipinski definition) is 6. The number of halogens is 3. The zero-order valence-corrected chi connectivity index (χ0v) is 17.6. The molecule has 0 saturated heterocycles. The van der Waals surface area contributed by atoms with Gasteiger partial charge in [-0.15, -0.1) is 0 Å². The maximum Gasteiger partial charge on any atom is 0.416 e. The molecule has 32 heavy (non-hydrogen) atoms. The van der Waals surface area contributed by atoms with E-state index in [4.69, 9.17) is 14.9 Å². The maximum absolute atomic E-state index is 12.8. The van der Waals surface area contributed by atoms with E-state index in [2.05, 4.69) is 21.8 Å². The summed E-state index contributed by atoms with van der Waals surface area (Å²) >= 11 is 0. The number of nitrogens with two attached hydrogens (primary N) is 1. The quantitative estimate of drug-likeness (QED) is 0.477. The summed E-state index contributed by atoms with van der Waals surface area (Å²) in [7, 11) is 0. The molecule has 2 aromatic heterocycles. The standard InChI is InChI=1S/C23H20F3N3O3/c1-4-31-22(30)19-12-11-18(32-19)20(27)21-17(13(2)28-14(3)29-21)10-7-15-5-8-16(9-6-15)23(24,25)26/h5-6,8-9,11-12,20H,4,27H2,1-3H3. The van der Waals surface area contributed by atoms with E-state index >= 15 is 0 Å². The van der Waals surface area contributed by atoms with Gasteiger partial charge in [0.05, 0.1) is 29.1 Å². The van der Waals surface area contributed by atoms with Gasteiger partial charge in [-0.2, -0.15) is 13.2 Å². The predicted octanol–water partition coefficient (Wildman–Crippen LogP) is 4.33. The third-order valence-corrected chi connectivity index (χ3v) is 4.48. The van der Waals surface area contributed by atoms with Gasteiger partial charge in [0.1, 0.15) is 17.6 Å². The Morgan fingerprint density at radius 2 is 1.81 bits per heavy atom. The van der Waals surface area contributed by atoms with Crippen molar-refractivity contribution in [1.29, 1.82) is 0 Å². The number of carbonyl (C=O) groups is 1. The molecule has 3 rings (SSSR count). The first-order valence-corrected chi connectivity index (χ1v) is 9.67. The molecule has 0 aliphatic carbocycles. The number of nitrogens with zero attached hydrogens (tertiary/aromatic N) is 2. The number of aromatic nitrogens is 2. The molecule has 2 N–H and O–H groups in total. The molecule has 0 aliphatic heterocycles. The normalized spacial score (nSPS) is 12.1. The van der Waals surface area contributed by atoms with E-state index in [1.807, 2.05) is 0 Å². The van der Waals surface area contributed by atoms with E-state index < -0.39 is 23.8 Å². The van der Waals surface area contributed by atoms with Gasteiger partial charge in [-0.25, -0.2) is 14.8 Å². The van der Waals surface area contributed by atoms with Crippen LogP contribution in [0, 0.1) is 25.7 Å². The molecule has 0 saturated carbocycles. The summed E-state index contributed by atoms with van der Waals surface area (Å²) in [5.41, 5.74) is 7.34. The highest BCUT2D eigenvalue weighted by Gasteiger charge is 2.29. The fraction of sp³-hybridized carbons (Fsp3) is 0.261. The molecule has 1 atom stereocenters. The molecule has 6 nitrogen and oxygen atoms in total.